The summed E-state index contributed by atoms with van der Waals surface area (Å²) in [5.74, 6) is -1.91. The van der Waals surface area contributed by atoms with Crippen molar-refractivity contribution in [1.29, 1.82) is 0 Å². The van der Waals surface area contributed by atoms with Crippen molar-refractivity contribution in [3.05, 3.63) is 41.0 Å². The summed E-state index contributed by atoms with van der Waals surface area (Å²) >= 11 is 5.71. The quantitative estimate of drug-likeness (QED) is 0.732. The second-order valence-corrected chi connectivity index (χ2v) is 3.82. The normalized spacial score (nSPS) is 11.8. The number of hydrogen-bond donors (Lipinski definition) is 0. The topological polar surface area (TPSA) is 30.0 Å². The van der Waals surface area contributed by atoms with Crippen LogP contribution in [-0.2, 0) is 0 Å². The first-order chi connectivity index (χ1) is 7.88. The van der Waals surface area contributed by atoms with Crippen molar-refractivity contribution in [2.24, 2.45) is 0 Å². The summed E-state index contributed by atoms with van der Waals surface area (Å²) in [6, 6.07) is 5.72. The maximum atomic E-state index is 12.2. The summed E-state index contributed by atoms with van der Waals surface area (Å²) in [4.78, 5) is 14.8. The van der Waals surface area contributed by atoms with E-state index >= 15 is 0 Å². The van der Waals surface area contributed by atoms with E-state index in [9.17, 15) is 18.0 Å². The lowest BCUT2D eigenvalue weighted by Crippen LogP contribution is -2.22. The first-order valence-corrected chi connectivity index (χ1v) is 4.92. The highest BCUT2D eigenvalue weighted by molar-refractivity contribution is 6.31. The summed E-state index contributed by atoms with van der Waals surface area (Å²) in [6.45, 7) is 0. The Labute approximate surface area is 99.0 Å². The third-order valence-electron chi connectivity index (χ3n) is 2.16. The number of carbonyl (C=O) groups excluding carboxylic acids is 1. The number of alkyl halides is 3. The second-order valence-electron chi connectivity index (χ2n) is 3.39. The highest BCUT2D eigenvalue weighted by atomic mass is 35.5. The first-order valence-electron chi connectivity index (χ1n) is 4.55. The van der Waals surface area contributed by atoms with E-state index in [1.807, 2.05) is 0 Å². The fraction of sp³-hybridized carbons (Fsp3) is 0.0909. The van der Waals surface area contributed by atoms with Gasteiger partial charge in [-0.1, -0.05) is 11.6 Å². The third kappa shape index (κ3) is 2.39. The largest absolute Gasteiger partial charge is 0.454 e. The Kier molecular flexibility index (Phi) is 2.79. The molecule has 6 heteroatoms. The van der Waals surface area contributed by atoms with Gasteiger partial charge >= 0.3 is 6.18 Å². The van der Waals surface area contributed by atoms with E-state index in [4.69, 9.17) is 11.6 Å². The van der Waals surface area contributed by atoms with Gasteiger partial charge in [-0.05, 0) is 24.3 Å². The van der Waals surface area contributed by atoms with Gasteiger partial charge in [0.25, 0.3) is 5.78 Å². The molecule has 1 aromatic carbocycles. The van der Waals surface area contributed by atoms with Gasteiger partial charge in [-0.25, -0.2) is 0 Å². The number of hydrogen-bond acceptors (Lipinski definition) is 2. The van der Waals surface area contributed by atoms with Crippen LogP contribution in [0, 0.1) is 0 Å². The minimum Gasteiger partial charge on any atom is -0.284 e. The zero-order chi connectivity index (χ0) is 12.6. The molecule has 0 bridgehead atoms. The maximum Gasteiger partial charge on any atom is 0.454 e. The number of aromatic nitrogens is 1. The van der Waals surface area contributed by atoms with Crippen molar-refractivity contribution in [2.75, 3.05) is 0 Å². The van der Waals surface area contributed by atoms with E-state index < -0.39 is 17.5 Å². The SMILES string of the molecule is O=C(c1cnc2ccc(Cl)cc2c1)C(F)(F)F. The maximum absolute atomic E-state index is 12.2. The molecule has 0 fully saturated rings. The number of carbonyl (C=O) groups is 1. The van der Waals surface area contributed by atoms with Crippen LogP contribution in [-0.4, -0.2) is 16.9 Å². The number of fused-ring (bicyclic) bond motifs is 1. The van der Waals surface area contributed by atoms with Crippen LogP contribution in [0.15, 0.2) is 30.5 Å². The van der Waals surface area contributed by atoms with Crippen LogP contribution >= 0.6 is 11.6 Å². The van der Waals surface area contributed by atoms with Crippen LogP contribution in [0.3, 0.4) is 0 Å². The van der Waals surface area contributed by atoms with Crippen LogP contribution in [0.5, 0.6) is 0 Å². The third-order valence-corrected chi connectivity index (χ3v) is 2.40. The van der Waals surface area contributed by atoms with Gasteiger partial charge < -0.3 is 0 Å². The molecule has 0 aliphatic rings. The summed E-state index contributed by atoms with van der Waals surface area (Å²) in [5, 5.41) is 0.767. The molecule has 2 nitrogen and oxygen atoms in total. The molecule has 0 unspecified atom stereocenters. The van der Waals surface area contributed by atoms with Crippen LogP contribution in [0.25, 0.3) is 10.9 Å². The number of benzene rings is 1. The van der Waals surface area contributed by atoms with Crippen molar-refractivity contribution in [2.45, 2.75) is 6.18 Å². The standard InChI is InChI=1S/C11H5ClF3NO/c12-8-1-2-9-6(4-8)3-7(5-16-9)10(17)11(13,14)15/h1-5H. The van der Waals surface area contributed by atoms with Gasteiger partial charge in [0.2, 0.25) is 0 Å². The van der Waals surface area contributed by atoms with E-state index in [0.29, 0.717) is 15.9 Å². The van der Waals surface area contributed by atoms with Gasteiger partial charge in [0.1, 0.15) is 0 Å². The highest BCUT2D eigenvalue weighted by Crippen LogP contribution is 2.24. The van der Waals surface area contributed by atoms with Gasteiger partial charge in [0.05, 0.1) is 5.52 Å². The minimum absolute atomic E-state index is 0.371. The Morgan fingerprint density at radius 1 is 1.24 bits per heavy atom. The molecule has 17 heavy (non-hydrogen) atoms. The number of pyridine rings is 1. The van der Waals surface area contributed by atoms with Crippen molar-refractivity contribution >= 4 is 28.3 Å². The van der Waals surface area contributed by atoms with E-state index in [-0.39, 0.29) is 0 Å². The Bertz CT molecular complexity index is 595. The van der Waals surface area contributed by atoms with E-state index in [1.165, 1.54) is 6.07 Å². The Morgan fingerprint density at radius 2 is 1.94 bits per heavy atom. The molecule has 0 radical (unpaired) electrons. The van der Waals surface area contributed by atoms with Crippen LogP contribution in [0.4, 0.5) is 13.2 Å². The van der Waals surface area contributed by atoms with Crippen molar-refractivity contribution in [1.82, 2.24) is 4.98 Å². The smallest absolute Gasteiger partial charge is 0.284 e. The zero-order valence-electron chi connectivity index (χ0n) is 8.25. The molecule has 88 valence electrons. The predicted molar refractivity (Wildman–Crippen MR) is 57.1 cm³/mol. The van der Waals surface area contributed by atoms with E-state index in [0.717, 1.165) is 12.3 Å². The molecule has 2 rings (SSSR count). The summed E-state index contributed by atoms with van der Waals surface area (Å²) in [7, 11) is 0. The minimum atomic E-state index is -4.89. The van der Waals surface area contributed by atoms with Crippen molar-refractivity contribution < 1.29 is 18.0 Å². The molecule has 0 atom stereocenters. The zero-order valence-corrected chi connectivity index (χ0v) is 9.01. The molecule has 0 saturated carbocycles. The first kappa shape index (κ1) is 11.9. The molecule has 2 aromatic rings. The lowest BCUT2D eigenvalue weighted by atomic mass is 10.1. The van der Waals surface area contributed by atoms with Crippen molar-refractivity contribution in [3.8, 4) is 0 Å². The monoisotopic (exact) mass is 259 g/mol. The number of nitrogens with zero attached hydrogens (tertiary/aromatic N) is 1. The Hall–Kier alpha value is -1.62. The second kappa shape index (κ2) is 4.00. The van der Waals surface area contributed by atoms with E-state index in [1.54, 1.807) is 12.1 Å². The lowest BCUT2D eigenvalue weighted by Gasteiger charge is -2.05. The number of Topliss-reactive ketones (excluding diaryl/α,β-unsaturated/α-hetero) is 1. The predicted octanol–water partition coefficient (Wildman–Crippen LogP) is 3.63. The fourth-order valence-corrected chi connectivity index (χ4v) is 1.57. The Morgan fingerprint density at radius 3 is 2.59 bits per heavy atom. The molecular formula is C11H5ClF3NO. The van der Waals surface area contributed by atoms with Crippen molar-refractivity contribution in [3.63, 3.8) is 0 Å². The summed E-state index contributed by atoms with van der Waals surface area (Å²) in [6.07, 6.45) is -3.99. The average molecular weight is 260 g/mol. The van der Waals surface area contributed by atoms with Crippen LogP contribution < -0.4 is 0 Å². The van der Waals surface area contributed by atoms with Gasteiger partial charge in [-0.3, -0.25) is 9.78 Å². The molecular weight excluding hydrogens is 255 g/mol. The highest BCUT2D eigenvalue weighted by Gasteiger charge is 2.39. The van der Waals surface area contributed by atoms with Crippen LogP contribution in [0.1, 0.15) is 10.4 Å². The van der Waals surface area contributed by atoms with Gasteiger partial charge in [-0.2, -0.15) is 13.2 Å². The molecule has 0 amide bonds. The van der Waals surface area contributed by atoms with E-state index in [2.05, 4.69) is 4.98 Å². The van der Waals surface area contributed by atoms with Gasteiger partial charge in [-0.15, -0.1) is 0 Å². The molecule has 0 N–H and O–H groups in total. The number of ketones is 1. The fourth-order valence-electron chi connectivity index (χ4n) is 1.39. The molecule has 1 heterocycles. The summed E-state index contributed by atoms with van der Waals surface area (Å²) < 4.78 is 36.6. The van der Waals surface area contributed by atoms with Crippen LogP contribution in [0.2, 0.25) is 5.02 Å². The molecule has 0 aliphatic heterocycles. The average Bonchev–Trinajstić information content (AvgIpc) is 2.25. The molecule has 0 aliphatic carbocycles. The van der Waals surface area contributed by atoms with Gasteiger partial charge in [0, 0.05) is 22.2 Å². The number of rotatable bonds is 1. The number of halogens is 4. The molecule has 0 saturated heterocycles. The summed E-state index contributed by atoms with van der Waals surface area (Å²) in [5.41, 5.74) is -0.0135. The van der Waals surface area contributed by atoms with Gasteiger partial charge in [0.15, 0.2) is 0 Å². The molecule has 0 spiro atoms. The molecule has 1 aromatic heterocycles. The lowest BCUT2D eigenvalue weighted by molar-refractivity contribution is -0.0885. The Balaban J connectivity index is 2.54.